The van der Waals surface area contributed by atoms with Crippen molar-refractivity contribution in [3.63, 3.8) is 0 Å². The number of hydrogen-bond acceptors (Lipinski definition) is 5. The lowest BCUT2D eigenvalue weighted by molar-refractivity contribution is -0.119. The van der Waals surface area contributed by atoms with E-state index in [0.717, 1.165) is 4.31 Å². The number of furan rings is 1. The Labute approximate surface area is 184 Å². The number of halogens is 2. The summed E-state index contributed by atoms with van der Waals surface area (Å²) in [6.07, 6.45) is 1.48. The fourth-order valence-corrected chi connectivity index (χ4v) is 4.51. The minimum absolute atomic E-state index is 0.0833. The van der Waals surface area contributed by atoms with Gasteiger partial charge in [-0.15, -0.1) is 0 Å². The van der Waals surface area contributed by atoms with Crippen molar-refractivity contribution in [2.24, 2.45) is 0 Å². The Morgan fingerprint density at radius 1 is 1.10 bits per heavy atom. The SMILES string of the molecule is COc1ccccc1N(CC(=O)NCc1ccco1)S(=O)(=O)c1ccc(Cl)c(Cl)c1. The number of anilines is 1. The predicted molar refractivity (Wildman–Crippen MR) is 115 cm³/mol. The Hall–Kier alpha value is -2.68. The van der Waals surface area contributed by atoms with Crippen molar-refractivity contribution in [1.29, 1.82) is 0 Å². The van der Waals surface area contributed by atoms with Crippen molar-refractivity contribution < 1.29 is 22.4 Å². The zero-order chi connectivity index (χ0) is 21.7. The van der Waals surface area contributed by atoms with E-state index >= 15 is 0 Å². The Morgan fingerprint density at radius 3 is 2.53 bits per heavy atom. The highest BCUT2D eigenvalue weighted by Gasteiger charge is 2.29. The van der Waals surface area contributed by atoms with Gasteiger partial charge in [0, 0.05) is 0 Å². The molecule has 0 aliphatic rings. The van der Waals surface area contributed by atoms with E-state index in [-0.39, 0.29) is 27.2 Å². The summed E-state index contributed by atoms with van der Waals surface area (Å²) in [7, 11) is -2.75. The van der Waals surface area contributed by atoms with E-state index < -0.39 is 22.5 Å². The minimum Gasteiger partial charge on any atom is -0.495 e. The first-order valence-corrected chi connectivity index (χ1v) is 10.9. The standard InChI is InChI=1S/C20H18Cl2N2O5S/c1-28-19-7-3-2-6-18(19)24(13-20(25)23-12-14-5-4-10-29-14)30(26,27)15-8-9-16(21)17(22)11-15/h2-11H,12-13H2,1H3,(H,23,25). The van der Waals surface area contributed by atoms with Crippen molar-refractivity contribution in [3.05, 3.63) is 76.7 Å². The lowest BCUT2D eigenvalue weighted by Gasteiger charge is -2.25. The van der Waals surface area contributed by atoms with Crippen molar-refractivity contribution in [3.8, 4) is 5.75 Å². The number of para-hydroxylation sites is 2. The maximum absolute atomic E-state index is 13.4. The van der Waals surface area contributed by atoms with Gasteiger partial charge >= 0.3 is 0 Å². The molecule has 2 aromatic carbocycles. The third-order valence-corrected chi connectivity index (χ3v) is 6.65. The van der Waals surface area contributed by atoms with Crippen molar-refractivity contribution in [2.75, 3.05) is 18.0 Å². The molecule has 1 N–H and O–H groups in total. The highest BCUT2D eigenvalue weighted by atomic mass is 35.5. The summed E-state index contributed by atoms with van der Waals surface area (Å²) in [4.78, 5) is 12.5. The van der Waals surface area contributed by atoms with Crippen LogP contribution in [0, 0.1) is 0 Å². The number of amides is 1. The summed E-state index contributed by atoms with van der Waals surface area (Å²) in [5.74, 6) is 0.306. The molecule has 0 aliphatic heterocycles. The fraction of sp³-hybridized carbons (Fsp3) is 0.150. The van der Waals surface area contributed by atoms with Crippen molar-refractivity contribution in [2.45, 2.75) is 11.4 Å². The monoisotopic (exact) mass is 468 g/mol. The van der Waals surface area contributed by atoms with Crippen LogP contribution in [0.25, 0.3) is 0 Å². The van der Waals surface area contributed by atoms with Gasteiger partial charge in [0.15, 0.2) is 0 Å². The number of sulfonamides is 1. The predicted octanol–water partition coefficient (Wildman–Crippen LogP) is 4.11. The van der Waals surface area contributed by atoms with E-state index in [4.69, 9.17) is 32.4 Å². The lowest BCUT2D eigenvalue weighted by atomic mass is 10.3. The van der Waals surface area contributed by atoms with Crippen molar-refractivity contribution in [1.82, 2.24) is 5.32 Å². The topological polar surface area (TPSA) is 88.8 Å². The van der Waals surface area contributed by atoms with E-state index in [2.05, 4.69) is 5.32 Å². The third-order valence-electron chi connectivity index (χ3n) is 4.16. The van der Waals surface area contributed by atoms with Crippen LogP contribution < -0.4 is 14.4 Å². The van der Waals surface area contributed by atoms with Crippen LogP contribution in [-0.4, -0.2) is 28.0 Å². The number of nitrogens with one attached hydrogen (secondary N) is 1. The number of carbonyl (C=O) groups excluding carboxylic acids is 1. The zero-order valence-corrected chi connectivity index (χ0v) is 18.2. The third kappa shape index (κ3) is 4.89. The highest BCUT2D eigenvalue weighted by molar-refractivity contribution is 7.92. The number of nitrogens with zero attached hydrogens (tertiary/aromatic N) is 1. The second-order valence-corrected chi connectivity index (χ2v) is 8.79. The van der Waals surface area contributed by atoms with E-state index in [1.807, 2.05) is 0 Å². The van der Waals surface area contributed by atoms with Crippen LogP contribution in [0.15, 0.2) is 70.2 Å². The molecule has 0 bridgehead atoms. The summed E-state index contributed by atoms with van der Waals surface area (Å²) in [5.41, 5.74) is 0.208. The second kappa shape index (κ2) is 9.42. The maximum Gasteiger partial charge on any atom is 0.264 e. The average Bonchev–Trinajstić information content (AvgIpc) is 3.26. The van der Waals surface area contributed by atoms with Gasteiger partial charge in [-0.05, 0) is 42.5 Å². The van der Waals surface area contributed by atoms with Crippen molar-refractivity contribution >= 4 is 44.8 Å². The molecular formula is C20H18Cl2N2O5S. The first-order chi connectivity index (χ1) is 14.3. The van der Waals surface area contributed by atoms with Gasteiger partial charge in [0.25, 0.3) is 10.0 Å². The molecule has 0 aliphatic carbocycles. The molecule has 3 aromatic rings. The van der Waals surface area contributed by atoms with Crippen LogP contribution in [0.1, 0.15) is 5.76 Å². The molecule has 158 valence electrons. The number of rotatable bonds is 8. The summed E-state index contributed by atoms with van der Waals surface area (Å²) < 4.78 is 38.2. The Kier molecular flexibility index (Phi) is 6.91. The van der Waals surface area contributed by atoms with Crippen LogP contribution >= 0.6 is 23.2 Å². The molecule has 7 nitrogen and oxygen atoms in total. The molecule has 0 spiro atoms. The first kappa shape index (κ1) is 22.0. The molecule has 0 unspecified atom stereocenters. The Balaban J connectivity index is 1.96. The Morgan fingerprint density at radius 2 is 1.87 bits per heavy atom. The van der Waals surface area contributed by atoms with Gasteiger partial charge in [-0.3, -0.25) is 9.10 Å². The number of hydrogen-bond donors (Lipinski definition) is 1. The van der Waals surface area contributed by atoms with Gasteiger partial charge in [-0.25, -0.2) is 8.42 Å². The van der Waals surface area contributed by atoms with Gasteiger partial charge in [-0.2, -0.15) is 0 Å². The minimum atomic E-state index is -4.17. The van der Waals surface area contributed by atoms with Crippen LogP contribution in [0.5, 0.6) is 5.75 Å². The van der Waals surface area contributed by atoms with Gasteiger partial charge in [0.2, 0.25) is 5.91 Å². The van der Waals surface area contributed by atoms with Crippen LogP contribution in [0.2, 0.25) is 10.0 Å². The summed E-state index contributed by atoms with van der Waals surface area (Å²) >= 11 is 11.9. The number of methoxy groups -OCH3 is 1. The molecule has 1 amide bonds. The highest BCUT2D eigenvalue weighted by Crippen LogP contribution is 2.33. The molecular weight excluding hydrogens is 451 g/mol. The molecule has 0 fully saturated rings. The summed E-state index contributed by atoms with van der Waals surface area (Å²) in [6, 6.07) is 13.8. The smallest absolute Gasteiger partial charge is 0.264 e. The maximum atomic E-state index is 13.4. The number of carbonyl (C=O) groups is 1. The van der Waals surface area contributed by atoms with Crippen LogP contribution in [0.3, 0.4) is 0 Å². The van der Waals surface area contributed by atoms with Crippen LogP contribution in [-0.2, 0) is 21.4 Å². The first-order valence-electron chi connectivity index (χ1n) is 8.73. The molecule has 10 heteroatoms. The Bertz CT molecular complexity index is 1130. The second-order valence-electron chi connectivity index (χ2n) is 6.12. The van der Waals surface area contributed by atoms with E-state index in [0.29, 0.717) is 11.5 Å². The lowest BCUT2D eigenvalue weighted by Crippen LogP contribution is -2.40. The summed E-state index contributed by atoms with van der Waals surface area (Å²) in [5, 5.41) is 2.94. The molecule has 0 saturated heterocycles. The van der Waals surface area contributed by atoms with E-state index in [1.54, 1.807) is 36.4 Å². The van der Waals surface area contributed by atoms with E-state index in [1.165, 1.54) is 31.6 Å². The molecule has 0 radical (unpaired) electrons. The van der Waals surface area contributed by atoms with Gasteiger partial charge in [-0.1, -0.05) is 35.3 Å². The van der Waals surface area contributed by atoms with E-state index in [9.17, 15) is 13.2 Å². The molecule has 3 rings (SSSR count). The number of ether oxygens (including phenoxy) is 1. The summed E-state index contributed by atoms with van der Waals surface area (Å²) in [6.45, 7) is -0.359. The quantitative estimate of drug-likeness (QED) is 0.537. The van der Waals surface area contributed by atoms with Gasteiger partial charge in [0.05, 0.1) is 40.5 Å². The number of benzene rings is 2. The molecule has 30 heavy (non-hydrogen) atoms. The normalized spacial score (nSPS) is 11.2. The fourth-order valence-electron chi connectivity index (χ4n) is 2.69. The largest absolute Gasteiger partial charge is 0.495 e. The molecule has 0 saturated carbocycles. The van der Waals surface area contributed by atoms with Crippen LogP contribution in [0.4, 0.5) is 5.69 Å². The zero-order valence-electron chi connectivity index (χ0n) is 15.8. The molecule has 1 aromatic heterocycles. The van der Waals surface area contributed by atoms with Gasteiger partial charge in [0.1, 0.15) is 18.1 Å². The molecule has 0 atom stereocenters. The van der Waals surface area contributed by atoms with Gasteiger partial charge < -0.3 is 14.5 Å². The average molecular weight is 469 g/mol. The molecule has 1 heterocycles.